The molecule has 0 unspecified atom stereocenters. The predicted octanol–water partition coefficient (Wildman–Crippen LogP) is 2.00. The van der Waals surface area contributed by atoms with E-state index in [1.807, 2.05) is 12.1 Å². The summed E-state index contributed by atoms with van der Waals surface area (Å²) in [6.07, 6.45) is 3.66. The molecule has 0 aliphatic carbocycles. The minimum absolute atomic E-state index is 0.121. The first-order valence-corrected chi connectivity index (χ1v) is 9.38. The van der Waals surface area contributed by atoms with E-state index in [2.05, 4.69) is 9.88 Å². The lowest BCUT2D eigenvalue weighted by Crippen LogP contribution is -2.25. The lowest BCUT2D eigenvalue weighted by molar-refractivity contribution is 0.0706. The van der Waals surface area contributed by atoms with Gasteiger partial charge in [0.15, 0.2) is 5.78 Å². The first kappa shape index (κ1) is 18.8. The molecule has 4 rings (SSSR count). The Morgan fingerprint density at radius 2 is 1.72 bits per heavy atom. The quantitative estimate of drug-likeness (QED) is 0.391. The van der Waals surface area contributed by atoms with E-state index < -0.39 is 5.91 Å². The third-order valence-corrected chi connectivity index (χ3v) is 5.16. The van der Waals surface area contributed by atoms with E-state index in [4.69, 9.17) is 5.21 Å². The maximum absolute atomic E-state index is 12.7. The number of Topliss-reactive ketones (excluding diaryl/α,β-unsaturated/α-hetero) is 1. The molecule has 2 heterocycles. The molecular formula is C21H20N4O4. The van der Waals surface area contributed by atoms with Gasteiger partial charge in [0.25, 0.3) is 11.5 Å². The summed E-state index contributed by atoms with van der Waals surface area (Å²) in [4.78, 5) is 43.3. The van der Waals surface area contributed by atoms with Crippen LogP contribution in [0.25, 0.3) is 10.9 Å². The van der Waals surface area contributed by atoms with E-state index in [1.54, 1.807) is 17.6 Å². The van der Waals surface area contributed by atoms with Gasteiger partial charge in [-0.25, -0.2) is 10.5 Å². The van der Waals surface area contributed by atoms with Crippen molar-refractivity contribution in [2.45, 2.75) is 19.4 Å². The molecule has 3 aromatic rings. The molecule has 1 saturated heterocycles. The Morgan fingerprint density at radius 3 is 2.41 bits per heavy atom. The Morgan fingerprint density at radius 1 is 1.03 bits per heavy atom. The number of hydroxylamine groups is 1. The van der Waals surface area contributed by atoms with E-state index in [0.29, 0.717) is 16.5 Å². The minimum Gasteiger partial charge on any atom is -0.372 e. The number of nitrogens with one attached hydrogen (secondary N) is 1. The van der Waals surface area contributed by atoms with Crippen LogP contribution in [-0.4, -0.2) is 39.5 Å². The summed E-state index contributed by atoms with van der Waals surface area (Å²) in [6, 6.07) is 11.7. The van der Waals surface area contributed by atoms with Gasteiger partial charge in [0.1, 0.15) is 0 Å². The van der Waals surface area contributed by atoms with Crippen LogP contribution in [0.15, 0.2) is 53.6 Å². The summed E-state index contributed by atoms with van der Waals surface area (Å²) in [5, 5.41) is 9.01. The number of benzene rings is 2. The molecule has 1 amide bonds. The average Bonchev–Trinajstić information content (AvgIpc) is 3.30. The van der Waals surface area contributed by atoms with Crippen LogP contribution >= 0.6 is 0 Å². The summed E-state index contributed by atoms with van der Waals surface area (Å²) in [5.74, 6) is -0.872. The summed E-state index contributed by atoms with van der Waals surface area (Å²) in [7, 11) is 0. The minimum atomic E-state index is -0.689. The third kappa shape index (κ3) is 3.74. The molecule has 29 heavy (non-hydrogen) atoms. The normalized spacial score (nSPS) is 13.6. The van der Waals surface area contributed by atoms with Gasteiger partial charge in [-0.05, 0) is 55.3 Å². The number of hydrogen-bond acceptors (Lipinski definition) is 6. The molecule has 1 fully saturated rings. The summed E-state index contributed by atoms with van der Waals surface area (Å²) >= 11 is 0. The van der Waals surface area contributed by atoms with Gasteiger partial charge >= 0.3 is 0 Å². The predicted molar refractivity (Wildman–Crippen MR) is 107 cm³/mol. The molecule has 2 aromatic carbocycles. The summed E-state index contributed by atoms with van der Waals surface area (Å²) in [5.41, 5.74) is 3.31. The van der Waals surface area contributed by atoms with Crippen molar-refractivity contribution in [1.82, 2.24) is 15.0 Å². The SMILES string of the molecule is O=C(Cn1cnc2cc(C(=O)NO)ccc2c1=O)c1ccc(N2CCCC2)cc1. The third-order valence-electron chi connectivity index (χ3n) is 5.16. The van der Waals surface area contributed by atoms with Crippen LogP contribution in [0.3, 0.4) is 0 Å². The van der Waals surface area contributed by atoms with Crippen LogP contribution < -0.4 is 15.9 Å². The number of rotatable bonds is 5. The van der Waals surface area contributed by atoms with Crippen LogP contribution in [0, 0.1) is 0 Å². The molecule has 0 atom stereocenters. The molecule has 2 N–H and O–H groups in total. The second-order valence-corrected chi connectivity index (χ2v) is 7.01. The van der Waals surface area contributed by atoms with Gasteiger partial charge < -0.3 is 4.90 Å². The van der Waals surface area contributed by atoms with Gasteiger partial charge in [-0.1, -0.05) is 0 Å². The number of nitrogens with zero attached hydrogens (tertiary/aromatic N) is 3. The Balaban J connectivity index is 1.55. The van der Waals surface area contributed by atoms with Crippen molar-refractivity contribution in [1.29, 1.82) is 0 Å². The molecule has 8 nitrogen and oxygen atoms in total. The van der Waals surface area contributed by atoms with Crippen molar-refractivity contribution < 1.29 is 14.8 Å². The lowest BCUT2D eigenvalue weighted by atomic mass is 10.1. The van der Waals surface area contributed by atoms with Crippen molar-refractivity contribution in [3.63, 3.8) is 0 Å². The van der Waals surface area contributed by atoms with Crippen LogP contribution in [0.4, 0.5) is 5.69 Å². The molecule has 0 bridgehead atoms. The second kappa shape index (κ2) is 7.84. The van der Waals surface area contributed by atoms with Crippen molar-refractivity contribution in [2.75, 3.05) is 18.0 Å². The Hall–Kier alpha value is -3.52. The molecule has 148 valence electrons. The zero-order chi connectivity index (χ0) is 20.4. The summed E-state index contributed by atoms with van der Waals surface area (Å²) in [6.45, 7) is 1.95. The molecular weight excluding hydrogens is 372 g/mol. The van der Waals surface area contributed by atoms with Crippen LogP contribution in [0.1, 0.15) is 33.6 Å². The number of fused-ring (bicyclic) bond motifs is 1. The fourth-order valence-corrected chi connectivity index (χ4v) is 3.56. The zero-order valence-electron chi connectivity index (χ0n) is 15.7. The second-order valence-electron chi connectivity index (χ2n) is 7.01. The first-order valence-electron chi connectivity index (χ1n) is 9.38. The summed E-state index contributed by atoms with van der Waals surface area (Å²) < 4.78 is 1.25. The monoisotopic (exact) mass is 392 g/mol. The Bertz CT molecular complexity index is 1130. The highest BCUT2D eigenvalue weighted by molar-refractivity contribution is 5.97. The maximum Gasteiger partial charge on any atom is 0.274 e. The number of carbonyl (C=O) groups is 2. The largest absolute Gasteiger partial charge is 0.372 e. The maximum atomic E-state index is 12.7. The van der Waals surface area contributed by atoms with Gasteiger partial charge in [0.2, 0.25) is 0 Å². The number of anilines is 1. The number of ketones is 1. The molecule has 1 aliphatic rings. The number of hydrogen-bond donors (Lipinski definition) is 2. The van der Waals surface area contributed by atoms with E-state index >= 15 is 0 Å². The molecule has 0 saturated carbocycles. The van der Waals surface area contributed by atoms with E-state index in [9.17, 15) is 14.4 Å². The highest BCUT2D eigenvalue weighted by atomic mass is 16.5. The zero-order valence-corrected chi connectivity index (χ0v) is 15.7. The highest BCUT2D eigenvalue weighted by Crippen LogP contribution is 2.20. The molecule has 8 heteroatoms. The molecule has 0 radical (unpaired) electrons. The average molecular weight is 392 g/mol. The number of amides is 1. The first-order chi connectivity index (χ1) is 14.1. The van der Waals surface area contributed by atoms with Crippen molar-refractivity contribution >= 4 is 28.3 Å². The number of aromatic nitrogens is 2. The Labute approximate surface area is 166 Å². The van der Waals surface area contributed by atoms with Crippen molar-refractivity contribution in [2.24, 2.45) is 0 Å². The lowest BCUT2D eigenvalue weighted by Gasteiger charge is -2.17. The molecule has 1 aromatic heterocycles. The van der Waals surface area contributed by atoms with E-state index in [1.165, 1.54) is 41.9 Å². The Kier molecular flexibility index (Phi) is 5.09. The van der Waals surface area contributed by atoms with Gasteiger partial charge in [0.05, 0.1) is 23.8 Å². The van der Waals surface area contributed by atoms with Crippen molar-refractivity contribution in [3.05, 3.63) is 70.3 Å². The van der Waals surface area contributed by atoms with Gasteiger partial charge in [-0.3, -0.25) is 24.2 Å². The van der Waals surface area contributed by atoms with Crippen LogP contribution in [-0.2, 0) is 6.54 Å². The number of carbonyl (C=O) groups excluding carboxylic acids is 2. The fraction of sp³-hybridized carbons (Fsp3) is 0.238. The van der Waals surface area contributed by atoms with E-state index in [-0.39, 0.29) is 23.5 Å². The fourth-order valence-electron chi connectivity index (χ4n) is 3.56. The van der Waals surface area contributed by atoms with E-state index in [0.717, 1.165) is 18.8 Å². The van der Waals surface area contributed by atoms with Crippen LogP contribution in [0.5, 0.6) is 0 Å². The highest BCUT2D eigenvalue weighted by Gasteiger charge is 2.15. The standard InChI is InChI=1S/C21H20N4O4/c26-19(14-3-6-16(7-4-14)24-9-1-2-10-24)12-25-13-22-18-11-15(20(27)23-29)5-8-17(18)21(25)28/h3-8,11,13,29H,1-2,9-10,12H2,(H,23,27). The van der Waals surface area contributed by atoms with Crippen LogP contribution in [0.2, 0.25) is 0 Å². The van der Waals surface area contributed by atoms with Gasteiger partial charge in [-0.15, -0.1) is 0 Å². The van der Waals surface area contributed by atoms with Gasteiger partial charge in [0, 0.05) is 29.9 Å². The topological polar surface area (TPSA) is 105 Å². The molecule has 0 spiro atoms. The smallest absolute Gasteiger partial charge is 0.274 e. The van der Waals surface area contributed by atoms with Gasteiger partial charge in [-0.2, -0.15) is 0 Å². The van der Waals surface area contributed by atoms with Crippen molar-refractivity contribution in [3.8, 4) is 0 Å². The molecule has 1 aliphatic heterocycles.